The van der Waals surface area contributed by atoms with Crippen LogP contribution in [0.3, 0.4) is 0 Å². The molecule has 6 amide bonds. The Morgan fingerprint density at radius 3 is 1.36 bits per heavy atom. The molecule has 33 heavy (non-hydrogen) atoms. The van der Waals surface area contributed by atoms with Crippen molar-refractivity contribution in [1.29, 1.82) is 0 Å². The second-order valence-electron chi connectivity index (χ2n) is 7.53. The zero-order chi connectivity index (χ0) is 23.6. The Morgan fingerprint density at radius 1 is 0.636 bits per heavy atom. The van der Waals surface area contributed by atoms with Gasteiger partial charge >= 0.3 is 6.03 Å². The number of barbiturate groups is 1. The molecule has 1 heterocycles. The molecule has 0 aliphatic carbocycles. The molecule has 3 aromatic carbocycles. The maximum absolute atomic E-state index is 13.7. The minimum absolute atomic E-state index is 0.0564. The third-order valence-electron chi connectivity index (χ3n) is 5.76. The molecule has 0 atom stereocenters. The van der Waals surface area contributed by atoms with Gasteiger partial charge in [-0.1, -0.05) is 73.7 Å². The Labute approximate surface area is 190 Å². The number of carbonyl (C=O) groups excluding carboxylic acids is 5. The van der Waals surface area contributed by atoms with Gasteiger partial charge in [-0.2, -0.15) is 9.80 Å². The van der Waals surface area contributed by atoms with Gasteiger partial charge in [0.1, 0.15) is 0 Å². The number of benzene rings is 3. The Balaban J connectivity index is 1.92. The van der Waals surface area contributed by atoms with Crippen LogP contribution in [-0.2, 0) is 15.0 Å². The molecule has 0 unspecified atom stereocenters. The zero-order valence-corrected chi connectivity index (χ0v) is 17.8. The fourth-order valence-electron chi connectivity index (χ4n) is 4.00. The van der Waals surface area contributed by atoms with Crippen molar-refractivity contribution >= 4 is 29.7 Å². The van der Waals surface area contributed by atoms with Gasteiger partial charge in [0.05, 0.1) is 0 Å². The monoisotopic (exact) mass is 440 g/mol. The first-order chi connectivity index (χ1) is 15.9. The standard InChI is InChI=1S/C26H20N2O5/c1-2-26(20-16-10-5-11-17-20)23(31)27(21(29)18-12-6-3-7-13-18)25(33)28(24(26)32)22(30)19-14-8-4-9-15-19/h3-17H,2H2,1H3. The summed E-state index contributed by atoms with van der Waals surface area (Å²) >= 11 is 0. The molecular weight excluding hydrogens is 420 g/mol. The van der Waals surface area contributed by atoms with E-state index in [0.717, 1.165) is 0 Å². The highest BCUT2D eigenvalue weighted by Gasteiger charge is 2.60. The van der Waals surface area contributed by atoms with Crippen molar-refractivity contribution < 1.29 is 24.0 Å². The second kappa shape index (κ2) is 8.63. The molecule has 0 N–H and O–H groups in total. The van der Waals surface area contributed by atoms with E-state index in [-0.39, 0.29) is 17.5 Å². The van der Waals surface area contributed by atoms with Gasteiger partial charge in [-0.15, -0.1) is 0 Å². The number of amides is 6. The van der Waals surface area contributed by atoms with Crippen LogP contribution < -0.4 is 0 Å². The van der Waals surface area contributed by atoms with Crippen molar-refractivity contribution in [2.75, 3.05) is 0 Å². The molecule has 0 radical (unpaired) electrons. The maximum Gasteiger partial charge on any atom is 0.347 e. The highest BCUT2D eigenvalue weighted by Crippen LogP contribution is 2.38. The van der Waals surface area contributed by atoms with Crippen LogP contribution in [0.5, 0.6) is 0 Å². The normalized spacial score (nSPS) is 15.5. The molecule has 7 nitrogen and oxygen atoms in total. The Morgan fingerprint density at radius 2 is 1.00 bits per heavy atom. The fourth-order valence-corrected chi connectivity index (χ4v) is 4.00. The van der Waals surface area contributed by atoms with Crippen molar-refractivity contribution in [3.8, 4) is 0 Å². The highest BCUT2D eigenvalue weighted by molar-refractivity contribution is 6.35. The van der Waals surface area contributed by atoms with Gasteiger partial charge in [-0.05, 0) is 36.2 Å². The average Bonchev–Trinajstić information content (AvgIpc) is 2.86. The minimum atomic E-state index is -1.91. The van der Waals surface area contributed by atoms with Crippen molar-refractivity contribution in [3.05, 3.63) is 108 Å². The van der Waals surface area contributed by atoms with Crippen LogP contribution >= 0.6 is 0 Å². The number of hydrogen-bond acceptors (Lipinski definition) is 5. The number of nitrogens with zero attached hydrogens (tertiary/aromatic N) is 2. The summed E-state index contributed by atoms with van der Waals surface area (Å²) in [4.78, 5) is 68.3. The SMILES string of the molecule is CCC1(c2ccccc2)C(=O)N(C(=O)c2ccccc2)C(=O)N(C(=O)c2ccccc2)C1=O. The first-order valence-electron chi connectivity index (χ1n) is 10.4. The van der Waals surface area contributed by atoms with Gasteiger partial charge in [0, 0.05) is 11.1 Å². The highest BCUT2D eigenvalue weighted by atomic mass is 16.2. The topological polar surface area (TPSA) is 91.8 Å². The molecule has 1 aliphatic heterocycles. The van der Waals surface area contributed by atoms with Gasteiger partial charge in [-0.25, -0.2) is 4.79 Å². The predicted molar refractivity (Wildman–Crippen MR) is 119 cm³/mol. The van der Waals surface area contributed by atoms with Crippen LogP contribution in [0.15, 0.2) is 91.0 Å². The lowest BCUT2D eigenvalue weighted by molar-refractivity contribution is -0.148. The van der Waals surface area contributed by atoms with Crippen molar-refractivity contribution in [2.45, 2.75) is 18.8 Å². The molecule has 4 rings (SSSR count). The average molecular weight is 440 g/mol. The number of rotatable bonds is 4. The quantitative estimate of drug-likeness (QED) is 0.455. The molecule has 0 spiro atoms. The molecule has 0 saturated carbocycles. The zero-order valence-electron chi connectivity index (χ0n) is 17.8. The first kappa shape index (κ1) is 21.8. The smallest absolute Gasteiger partial charge is 0.272 e. The van der Waals surface area contributed by atoms with Crippen LogP contribution in [-0.4, -0.2) is 39.5 Å². The van der Waals surface area contributed by atoms with Crippen LogP contribution in [0.2, 0.25) is 0 Å². The fraction of sp³-hybridized carbons (Fsp3) is 0.115. The van der Waals surface area contributed by atoms with Gasteiger partial charge in [-0.3, -0.25) is 19.2 Å². The lowest BCUT2D eigenvalue weighted by Gasteiger charge is -2.42. The van der Waals surface area contributed by atoms with Crippen molar-refractivity contribution in [1.82, 2.24) is 9.80 Å². The number of imide groups is 6. The summed E-state index contributed by atoms with van der Waals surface area (Å²) in [6.07, 6.45) is -0.0564. The second-order valence-corrected chi connectivity index (χ2v) is 7.53. The number of carbonyl (C=O) groups is 5. The summed E-state index contributed by atoms with van der Waals surface area (Å²) in [5.41, 5.74) is -1.45. The number of hydrogen-bond donors (Lipinski definition) is 0. The van der Waals surface area contributed by atoms with Crippen LogP contribution in [0.25, 0.3) is 0 Å². The largest absolute Gasteiger partial charge is 0.347 e. The molecular formula is C26H20N2O5. The van der Waals surface area contributed by atoms with E-state index in [4.69, 9.17) is 0 Å². The molecule has 0 bridgehead atoms. The Kier molecular flexibility index (Phi) is 5.70. The minimum Gasteiger partial charge on any atom is -0.272 e. The van der Waals surface area contributed by atoms with Crippen LogP contribution in [0.4, 0.5) is 4.79 Å². The van der Waals surface area contributed by atoms with Gasteiger partial charge in [0.15, 0.2) is 5.41 Å². The van der Waals surface area contributed by atoms with E-state index in [0.29, 0.717) is 15.4 Å². The van der Waals surface area contributed by atoms with Crippen molar-refractivity contribution in [2.24, 2.45) is 0 Å². The third kappa shape index (κ3) is 3.43. The molecule has 1 fully saturated rings. The molecule has 7 heteroatoms. The van der Waals surface area contributed by atoms with E-state index in [1.165, 1.54) is 24.3 Å². The summed E-state index contributed by atoms with van der Waals surface area (Å²) in [6.45, 7) is 1.61. The predicted octanol–water partition coefficient (Wildman–Crippen LogP) is 3.81. The van der Waals surface area contributed by atoms with Crippen LogP contribution in [0.1, 0.15) is 39.6 Å². The molecule has 1 saturated heterocycles. The van der Waals surface area contributed by atoms with Gasteiger partial charge in [0.2, 0.25) is 0 Å². The van der Waals surface area contributed by atoms with Crippen molar-refractivity contribution in [3.63, 3.8) is 0 Å². The van der Waals surface area contributed by atoms with Gasteiger partial charge in [0.25, 0.3) is 23.6 Å². The summed E-state index contributed by atoms with van der Waals surface area (Å²) in [6, 6.07) is 22.4. The summed E-state index contributed by atoms with van der Waals surface area (Å²) in [5, 5.41) is 0. The molecule has 3 aromatic rings. The summed E-state index contributed by atoms with van der Waals surface area (Å²) < 4.78 is 0. The Bertz CT molecular complexity index is 1170. The lowest BCUT2D eigenvalue weighted by Crippen LogP contribution is -2.69. The summed E-state index contributed by atoms with van der Waals surface area (Å²) in [5.74, 6) is -3.76. The maximum atomic E-state index is 13.7. The van der Waals surface area contributed by atoms with Gasteiger partial charge < -0.3 is 0 Å². The van der Waals surface area contributed by atoms with E-state index in [1.54, 1.807) is 73.7 Å². The molecule has 164 valence electrons. The van der Waals surface area contributed by atoms with E-state index < -0.39 is 35.1 Å². The first-order valence-corrected chi connectivity index (χ1v) is 10.4. The molecule has 0 aromatic heterocycles. The van der Waals surface area contributed by atoms with Crippen LogP contribution in [0, 0.1) is 0 Å². The van der Waals surface area contributed by atoms with E-state index in [1.807, 2.05) is 0 Å². The lowest BCUT2D eigenvalue weighted by atomic mass is 9.74. The molecule has 1 aliphatic rings. The van der Waals surface area contributed by atoms with E-state index >= 15 is 0 Å². The Hall–Kier alpha value is -4.39. The van der Waals surface area contributed by atoms with E-state index in [2.05, 4.69) is 0 Å². The third-order valence-corrected chi connectivity index (χ3v) is 5.76. The van der Waals surface area contributed by atoms with E-state index in [9.17, 15) is 24.0 Å². The summed E-state index contributed by atoms with van der Waals surface area (Å²) in [7, 11) is 0. The number of urea groups is 1.